The zero-order valence-electron chi connectivity index (χ0n) is 13.8. The third kappa shape index (κ3) is 4.12. The second-order valence-corrected chi connectivity index (χ2v) is 5.79. The van der Waals surface area contributed by atoms with E-state index in [0.717, 1.165) is 25.7 Å². The number of hydrogen-bond acceptors (Lipinski definition) is 4. The van der Waals surface area contributed by atoms with E-state index in [1.54, 1.807) is 14.2 Å². The molecule has 6 heteroatoms. The van der Waals surface area contributed by atoms with Gasteiger partial charge in [0, 0.05) is 39.4 Å². The predicted octanol–water partition coefficient (Wildman–Crippen LogP) is 2.79. The van der Waals surface area contributed by atoms with Crippen LogP contribution in [-0.4, -0.2) is 68.6 Å². The topological polar surface area (TPSA) is 24.9 Å². The fourth-order valence-electron chi connectivity index (χ4n) is 3.44. The zero-order chi connectivity index (χ0) is 15.9. The standard InChI is InChI=1S/C15H30F2N2O2/c1-5-7-14(8-6-2)13-18(9-11-20-3)15(16,17)19(14)10-12-21-4/h5-13H2,1-4H3. The Kier molecular flexibility index (Phi) is 7.47. The fourth-order valence-corrected chi connectivity index (χ4v) is 3.44. The molecule has 0 aliphatic carbocycles. The number of alkyl halides is 2. The molecule has 1 aliphatic heterocycles. The van der Waals surface area contributed by atoms with Gasteiger partial charge in [-0.3, -0.25) is 0 Å². The van der Waals surface area contributed by atoms with Crippen LogP contribution < -0.4 is 0 Å². The van der Waals surface area contributed by atoms with Gasteiger partial charge in [-0.1, -0.05) is 26.7 Å². The minimum atomic E-state index is -2.93. The van der Waals surface area contributed by atoms with Crippen molar-refractivity contribution < 1.29 is 18.3 Å². The van der Waals surface area contributed by atoms with Gasteiger partial charge in [-0.25, -0.2) is 9.80 Å². The first-order chi connectivity index (χ1) is 9.98. The first kappa shape index (κ1) is 18.7. The van der Waals surface area contributed by atoms with Crippen LogP contribution in [0, 0.1) is 0 Å². The smallest absolute Gasteiger partial charge is 0.370 e. The lowest BCUT2D eigenvalue weighted by Gasteiger charge is -2.39. The Labute approximate surface area is 127 Å². The lowest BCUT2D eigenvalue weighted by molar-refractivity contribution is -0.228. The summed E-state index contributed by atoms with van der Waals surface area (Å²) in [5, 5.41) is 0. The molecule has 0 saturated carbocycles. The average Bonchev–Trinajstić information content (AvgIpc) is 2.63. The quantitative estimate of drug-likeness (QED) is 0.579. The summed E-state index contributed by atoms with van der Waals surface area (Å²) in [6, 6.07) is 0. The Morgan fingerprint density at radius 2 is 1.48 bits per heavy atom. The van der Waals surface area contributed by atoms with Crippen molar-refractivity contribution in [2.45, 2.75) is 51.2 Å². The van der Waals surface area contributed by atoms with Gasteiger partial charge in [-0.2, -0.15) is 8.78 Å². The van der Waals surface area contributed by atoms with Crippen LogP contribution in [0.3, 0.4) is 0 Å². The Hall–Kier alpha value is -0.300. The highest BCUT2D eigenvalue weighted by molar-refractivity contribution is 5.02. The van der Waals surface area contributed by atoms with Gasteiger partial charge in [0.2, 0.25) is 0 Å². The molecule has 4 nitrogen and oxygen atoms in total. The highest BCUT2D eigenvalue weighted by atomic mass is 19.3. The van der Waals surface area contributed by atoms with E-state index in [1.165, 1.54) is 9.80 Å². The second-order valence-electron chi connectivity index (χ2n) is 5.79. The predicted molar refractivity (Wildman–Crippen MR) is 79.5 cm³/mol. The summed E-state index contributed by atoms with van der Waals surface area (Å²) in [6.07, 6.45) is 0.435. The lowest BCUT2D eigenvalue weighted by atomic mass is 9.88. The molecule has 1 heterocycles. The van der Waals surface area contributed by atoms with Crippen LogP contribution in [0.2, 0.25) is 0 Å². The van der Waals surface area contributed by atoms with E-state index >= 15 is 0 Å². The minimum absolute atomic E-state index is 0.252. The summed E-state index contributed by atoms with van der Waals surface area (Å²) >= 11 is 0. The lowest BCUT2D eigenvalue weighted by Crippen LogP contribution is -2.54. The van der Waals surface area contributed by atoms with Crippen molar-refractivity contribution in [3.63, 3.8) is 0 Å². The van der Waals surface area contributed by atoms with E-state index in [1.807, 2.05) is 0 Å². The summed E-state index contributed by atoms with van der Waals surface area (Å²) < 4.78 is 39.6. The number of nitrogens with zero attached hydrogens (tertiary/aromatic N) is 2. The van der Waals surface area contributed by atoms with Crippen LogP contribution in [0.15, 0.2) is 0 Å². The van der Waals surface area contributed by atoms with E-state index in [9.17, 15) is 8.78 Å². The molecule has 0 amide bonds. The molecule has 1 rings (SSSR count). The first-order valence-corrected chi connectivity index (χ1v) is 7.87. The molecule has 1 aliphatic rings. The van der Waals surface area contributed by atoms with Gasteiger partial charge in [-0.15, -0.1) is 0 Å². The molecule has 0 aromatic carbocycles. The van der Waals surface area contributed by atoms with Gasteiger partial charge in [0.05, 0.1) is 13.2 Å². The molecule has 0 spiro atoms. The Morgan fingerprint density at radius 1 is 0.952 bits per heavy atom. The maximum absolute atomic E-state index is 14.8. The zero-order valence-corrected chi connectivity index (χ0v) is 13.8. The summed E-state index contributed by atoms with van der Waals surface area (Å²) in [5.74, 6) is 0. The van der Waals surface area contributed by atoms with Crippen molar-refractivity contribution in [3.05, 3.63) is 0 Å². The first-order valence-electron chi connectivity index (χ1n) is 7.87. The third-order valence-electron chi connectivity index (χ3n) is 4.28. The summed E-state index contributed by atoms with van der Waals surface area (Å²) in [6.45, 7) is 5.67. The van der Waals surface area contributed by atoms with Gasteiger partial charge >= 0.3 is 6.17 Å². The van der Waals surface area contributed by atoms with Crippen molar-refractivity contribution in [2.75, 3.05) is 47.1 Å². The number of hydrogen-bond donors (Lipinski definition) is 0. The van der Waals surface area contributed by atoms with E-state index in [2.05, 4.69) is 13.8 Å². The van der Waals surface area contributed by atoms with Crippen molar-refractivity contribution in [3.8, 4) is 0 Å². The van der Waals surface area contributed by atoms with Crippen LogP contribution in [0.5, 0.6) is 0 Å². The molecular formula is C15H30F2N2O2. The molecule has 126 valence electrons. The molecule has 1 fully saturated rings. The average molecular weight is 308 g/mol. The molecule has 1 saturated heterocycles. The number of methoxy groups -OCH3 is 2. The van der Waals surface area contributed by atoms with Crippen LogP contribution in [-0.2, 0) is 9.47 Å². The number of halogens is 2. The summed E-state index contributed by atoms with van der Waals surface area (Å²) in [7, 11) is 3.10. The monoisotopic (exact) mass is 308 g/mol. The maximum Gasteiger partial charge on any atom is 0.370 e. The largest absolute Gasteiger partial charge is 0.383 e. The molecule has 21 heavy (non-hydrogen) atoms. The van der Waals surface area contributed by atoms with Gasteiger partial charge in [-0.05, 0) is 12.8 Å². The van der Waals surface area contributed by atoms with E-state index in [0.29, 0.717) is 19.8 Å². The normalized spacial score (nSPS) is 22.0. The molecule has 0 aromatic heterocycles. The Morgan fingerprint density at radius 3 is 1.95 bits per heavy atom. The van der Waals surface area contributed by atoms with Crippen molar-refractivity contribution in [1.29, 1.82) is 0 Å². The van der Waals surface area contributed by atoms with E-state index in [-0.39, 0.29) is 13.1 Å². The summed E-state index contributed by atoms with van der Waals surface area (Å²) in [5.41, 5.74) is -0.459. The van der Waals surface area contributed by atoms with Gasteiger partial charge in [0.15, 0.2) is 0 Å². The maximum atomic E-state index is 14.8. The number of rotatable bonds is 10. The number of ether oxygens (including phenoxy) is 2. The van der Waals surface area contributed by atoms with E-state index < -0.39 is 11.7 Å². The van der Waals surface area contributed by atoms with Crippen LogP contribution >= 0.6 is 0 Å². The fraction of sp³-hybridized carbons (Fsp3) is 1.00. The van der Waals surface area contributed by atoms with Crippen molar-refractivity contribution in [2.24, 2.45) is 0 Å². The van der Waals surface area contributed by atoms with Crippen molar-refractivity contribution >= 4 is 0 Å². The Balaban J connectivity index is 3.00. The van der Waals surface area contributed by atoms with Crippen LogP contribution in [0.25, 0.3) is 0 Å². The SMILES string of the molecule is CCCC1(CCC)CN(CCOC)C(F)(F)N1CCOC. The van der Waals surface area contributed by atoms with Gasteiger partial charge in [0.25, 0.3) is 0 Å². The van der Waals surface area contributed by atoms with Gasteiger partial charge < -0.3 is 9.47 Å². The molecule has 0 N–H and O–H groups in total. The molecule has 0 bridgehead atoms. The molecule has 0 unspecified atom stereocenters. The molecule has 0 radical (unpaired) electrons. The van der Waals surface area contributed by atoms with Crippen LogP contribution in [0.4, 0.5) is 8.78 Å². The van der Waals surface area contributed by atoms with Crippen LogP contribution in [0.1, 0.15) is 39.5 Å². The van der Waals surface area contributed by atoms with Crippen molar-refractivity contribution in [1.82, 2.24) is 9.80 Å². The summed E-state index contributed by atoms with van der Waals surface area (Å²) in [4.78, 5) is 2.63. The highest BCUT2D eigenvalue weighted by Crippen LogP contribution is 2.44. The van der Waals surface area contributed by atoms with Gasteiger partial charge in [0.1, 0.15) is 0 Å². The molecule has 0 aromatic rings. The minimum Gasteiger partial charge on any atom is -0.383 e. The second kappa shape index (κ2) is 8.36. The van der Waals surface area contributed by atoms with E-state index in [4.69, 9.17) is 9.47 Å². The highest BCUT2D eigenvalue weighted by Gasteiger charge is 2.59. The third-order valence-corrected chi connectivity index (χ3v) is 4.28. The Bertz CT molecular complexity index is 297. The molecular weight excluding hydrogens is 278 g/mol. The molecule has 0 atom stereocenters.